The Kier molecular flexibility index (Phi) is 3.24. The van der Waals surface area contributed by atoms with E-state index >= 15 is 0 Å². The van der Waals surface area contributed by atoms with Gasteiger partial charge in [-0.15, -0.1) is 0 Å². The van der Waals surface area contributed by atoms with Crippen molar-refractivity contribution in [2.24, 2.45) is 5.92 Å². The van der Waals surface area contributed by atoms with Crippen molar-refractivity contribution in [3.8, 4) is 0 Å². The Morgan fingerprint density at radius 1 is 1.69 bits per heavy atom. The summed E-state index contributed by atoms with van der Waals surface area (Å²) in [4.78, 5) is 11.9. The maximum Gasteiger partial charge on any atom is 0.256 e. The number of aliphatic hydroxyl groups is 1. The summed E-state index contributed by atoms with van der Waals surface area (Å²) in [5.74, 6) is 0.546. The van der Waals surface area contributed by atoms with E-state index in [1.807, 2.05) is 0 Å². The van der Waals surface area contributed by atoms with E-state index in [-0.39, 0.29) is 24.5 Å². The van der Waals surface area contributed by atoms with Crippen molar-refractivity contribution >= 4 is 5.91 Å². The Morgan fingerprint density at radius 2 is 2.50 bits per heavy atom. The maximum absolute atomic E-state index is 11.9. The molecule has 1 saturated carbocycles. The average Bonchev–Trinajstić information content (AvgIpc) is 2.86. The van der Waals surface area contributed by atoms with Gasteiger partial charge in [0, 0.05) is 18.6 Å². The monoisotopic (exact) mass is 224 g/mol. The lowest BCUT2D eigenvalue weighted by atomic mass is 10.0. The van der Waals surface area contributed by atoms with E-state index in [0.29, 0.717) is 11.3 Å². The lowest BCUT2D eigenvalue weighted by Gasteiger charge is -2.18. The third kappa shape index (κ3) is 2.09. The molecule has 2 rings (SSSR count). The van der Waals surface area contributed by atoms with Gasteiger partial charge in [0.05, 0.1) is 6.20 Å². The zero-order valence-corrected chi connectivity index (χ0v) is 9.27. The molecule has 0 radical (unpaired) electrons. The molecule has 2 N–H and O–H groups in total. The summed E-state index contributed by atoms with van der Waals surface area (Å²) in [5.41, 5.74) is 0.476. The third-order valence-electron chi connectivity index (χ3n) is 3.21. The molecule has 1 amide bonds. The molecule has 1 aliphatic carbocycles. The lowest BCUT2D eigenvalue weighted by molar-refractivity contribution is 0.0914. The quantitative estimate of drug-likeness (QED) is 0.799. The van der Waals surface area contributed by atoms with Crippen LogP contribution in [0.25, 0.3) is 0 Å². The van der Waals surface area contributed by atoms with E-state index in [0.717, 1.165) is 19.3 Å². The minimum absolute atomic E-state index is 0.0757. The summed E-state index contributed by atoms with van der Waals surface area (Å²) in [7, 11) is 0. The highest BCUT2D eigenvalue weighted by molar-refractivity contribution is 5.94. The molecule has 1 aromatic rings. The smallest absolute Gasteiger partial charge is 0.256 e. The highest BCUT2D eigenvalue weighted by Crippen LogP contribution is 2.25. The van der Waals surface area contributed by atoms with Crippen LogP contribution < -0.4 is 5.32 Å². The van der Waals surface area contributed by atoms with Gasteiger partial charge in [0.15, 0.2) is 0 Å². The Balaban J connectivity index is 2.00. The number of nitrogens with zero attached hydrogens (tertiary/aromatic N) is 1. The maximum atomic E-state index is 11.9. The number of hydrogen-bond acceptors (Lipinski definition) is 4. The minimum atomic E-state index is -0.163. The number of aromatic nitrogens is 1. The van der Waals surface area contributed by atoms with Crippen LogP contribution in [0.1, 0.15) is 35.4 Å². The molecule has 5 heteroatoms. The van der Waals surface area contributed by atoms with E-state index in [1.54, 1.807) is 6.92 Å². The normalized spacial score (nSPS) is 24.6. The number of hydrogen-bond donors (Lipinski definition) is 2. The standard InChI is InChI=1S/C11H16N2O3/c1-7-9(5-12-16-7)11(15)13-10-4-2-3-8(10)6-14/h5,8,10,14H,2-4,6H2,1H3,(H,13,15). The Morgan fingerprint density at radius 3 is 3.12 bits per heavy atom. The van der Waals surface area contributed by atoms with Crippen molar-refractivity contribution in [1.82, 2.24) is 10.5 Å². The zero-order valence-electron chi connectivity index (χ0n) is 9.27. The van der Waals surface area contributed by atoms with E-state index in [1.165, 1.54) is 6.20 Å². The molecular formula is C11H16N2O3. The van der Waals surface area contributed by atoms with Gasteiger partial charge in [-0.2, -0.15) is 0 Å². The second-order valence-electron chi connectivity index (χ2n) is 4.25. The molecular weight excluding hydrogens is 208 g/mol. The average molecular weight is 224 g/mol. The first-order chi connectivity index (χ1) is 7.72. The minimum Gasteiger partial charge on any atom is -0.396 e. The van der Waals surface area contributed by atoms with Crippen LogP contribution in [0.3, 0.4) is 0 Å². The van der Waals surface area contributed by atoms with Crippen molar-refractivity contribution < 1.29 is 14.4 Å². The predicted molar refractivity (Wildman–Crippen MR) is 56.9 cm³/mol. The number of carbonyl (C=O) groups is 1. The van der Waals surface area contributed by atoms with Crippen LogP contribution in [-0.2, 0) is 0 Å². The summed E-state index contributed by atoms with van der Waals surface area (Å²) >= 11 is 0. The SMILES string of the molecule is Cc1oncc1C(=O)NC1CCCC1CO. The first-order valence-corrected chi connectivity index (χ1v) is 5.55. The fourth-order valence-electron chi connectivity index (χ4n) is 2.21. The molecule has 1 aromatic heterocycles. The molecule has 16 heavy (non-hydrogen) atoms. The summed E-state index contributed by atoms with van der Waals surface area (Å²) in [6.07, 6.45) is 4.39. The van der Waals surface area contributed by atoms with Crippen molar-refractivity contribution in [3.63, 3.8) is 0 Å². The molecule has 2 unspecified atom stereocenters. The molecule has 88 valence electrons. The molecule has 0 saturated heterocycles. The van der Waals surface area contributed by atoms with Crippen molar-refractivity contribution in [3.05, 3.63) is 17.5 Å². The van der Waals surface area contributed by atoms with Crippen molar-refractivity contribution in [2.75, 3.05) is 6.61 Å². The van der Waals surface area contributed by atoms with Crippen LogP contribution in [0, 0.1) is 12.8 Å². The fraction of sp³-hybridized carbons (Fsp3) is 0.636. The molecule has 0 aromatic carbocycles. The Labute approximate surface area is 93.8 Å². The molecule has 1 fully saturated rings. The first-order valence-electron chi connectivity index (χ1n) is 5.55. The van der Waals surface area contributed by atoms with Crippen molar-refractivity contribution in [1.29, 1.82) is 0 Å². The van der Waals surface area contributed by atoms with Crippen LogP contribution in [0.15, 0.2) is 10.7 Å². The first kappa shape index (κ1) is 11.1. The summed E-state index contributed by atoms with van der Waals surface area (Å²) in [6, 6.07) is 0.0757. The van der Waals surface area contributed by atoms with Crippen molar-refractivity contribution in [2.45, 2.75) is 32.2 Å². The van der Waals surface area contributed by atoms with Crippen LogP contribution in [0.4, 0.5) is 0 Å². The van der Waals surface area contributed by atoms with Gasteiger partial charge >= 0.3 is 0 Å². The van der Waals surface area contributed by atoms with Gasteiger partial charge in [0.25, 0.3) is 5.91 Å². The van der Waals surface area contributed by atoms with E-state index in [2.05, 4.69) is 10.5 Å². The number of carbonyl (C=O) groups excluding carboxylic acids is 1. The second-order valence-corrected chi connectivity index (χ2v) is 4.25. The molecule has 0 aliphatic heterocycles. The topological polar surface area (TPSA) is 75.4 Å². The second kappa shape index (κ2) is 4.65. The number of rotatable bonds is 3. The Hall–Kier alpha value is -1.36. The number of aliphatic hydroxyl groups excluding tert-OH is 1. The molecule has 1 aliphatic rings. The van der Waals surface area contributed by atoms with E-state index in [9.17, 15) is 4.79 Å². The molecule has 1 heterocycles. The van der Waals surface area contributed by atoms with Crippen LogP contribution >= 0.6 is 0 Å². The summed E-state index contributed by atoms with van der Waals surface area (Å²) < 4.78 is 4.84. The van der Waals surface area contributed by atoms with Gasteiger partial charge in [-0.25, -0.2) is 0 Å². The van der Waals surface area contributed by atoms with Gasteiger partial charge in [-0.1, -0.05) is 11.6 Å². The summed E-state index contributed by atoms with van der Waals surface area (Å²) in [6.45, 7) is 1.84. The van der Waals surface area contributed by atoms with Gasteiger partial charge in [0.2, 0.25) is 0 Å². The largest absolute Gasteiger partial charge is 0.396 e. The number of amides is 1. The third-order valence-corrected chi connectivity index (χ3v) is 3.21. The molecule has 5 nitrogen and oxygen atoms in total. The molecule has 0 bridgehead atoms. The zero-order chi connectivity index (χ0) is 11.5. The van der Waals surface area contributed by atoms with Crippen LogP contribution in [0.5, 0.6) is 0 Å². The summed E-state index contributed by atoms with van der Waals surface area (Å²) in [5, 5.41) is 15.6. The van der Waals surface area contributed by atoms with Gasteiger partial charge in [0.1, 0.15) is 11.3 Å². The van der Waals surface area contributed by atoms with Gasteiger partial charge in [-0.05, 0) is 19.8 Å². The number of nitrogens with one attached hydrogen (secondary N) is 1. The number of aryl methyl sites for hydroxylation is 1. The van der Waals surface area contributed by atoms with E-state index in [4.69, 9.17) is 9.63 Å². The fourth-order valence-corrected chi connectivity index (χ4v) is 2.21. The van der Waals surface area contributed by atoms with Crippen LogP contribution in [0.2, 0.25) is 0 Å². The highest BCUT2D eigenvalue weighted by atomic mass is 16.5. The van der Waals surface area contributed by atoms with Crippen LogP contribution in [-0.4, -0.2) is 28.8 Å². The predicted octanol–water partition coefficient (Wildman–Crippen LogP) is 0.874. The highest BCUT2D eigenvalue weighted by Gasteiger charge is 2.28. The van der Waals surface area contributed by atoms with E-state index < -0.39 is 0 Å². The molecule has 0 spiro atoms. The molecule has 2 atom stereocenters. The van der Waals surface area contributed by atoms with Gasteiger partial charge in [-0.3, -0.25) is 4.79 Å². The van der Waals surface area contributed by atoms with Gasteiger partial charge < -0.3 is 14.9 Å². The Bertz CT molecular complexity index is 375. The lowest BCUT2D eigenvalue weighted by Crippen LogP contribution is -2.38.